The van der Waals surface area contributed by atoms with Crippen LogP contribution < -0.4 is 0 Å². The van der Waals surface area contributed by atoms with Crippen LogP contribution in [0.3, 0.4) is 0 Å². The summed E-state index contributed by atoms with van der Waals surface area (Å²) in [5.74, 6) is -0.0628. The Morgan fingerprint density at radius 1 is 1.12 bits per heavy atom. The van der Waals surface area contributed by atoms with Crippen LogP contribution in [0.4, 0.5) is 0 Å². The molecule has 0 saturated carbocycles. The molecule has 126 valence electrons. The van der Waals surface area contributed by atoms with Gasteiger partial charge in [0.15, 0.2) is 5.88 Å². The van der Waals surface area contributed by atoms with Crippen molar-refractivity contribution in [2.45, 2.75) is 20.8 Å². The van der Waals surface area contributed by atoms with Crippen molar-refractivity contribution in [2.75, 3.05) is 0 Å². The molecule has 0 saturated heterocycles. The first-order chi connectivity index (χ1) is 12.0. The van der Waals surface area contributed by atoms with Crippen molar-refractivity contribution >= 4 is 11.6 Å². The van der Waals surface area contributed by atoms with E-state index in [0.717, 1.165) is 11.1 Å². The minimum atomic E-state index is -0.288. The number of amides is 1. The van der Waals surface area contributed by atoms with Crippen LogP contribution in [-0.2, 0) is 0 Å². The summed E-state index contributed by atoms with van der Waals surface area (Å²) in [6, 6.07) is 7.86. The number of H-pyrrole nitrogens is 1. The standard InChI is InChI=1S/C21H20N2O2/c1-11-4-7-14(8-5-11)18-16-17(21(25)22-18)19(23-20(16)24)15-9-6-12(2)10-13(15)3/h4-10,13,15,22,25H,1-3H3. The molecule has 1 aliphatic carbocycles. The van der Waals surface area contributed by atoms with E-state index in [-0.39, 0.29) is 23.6 Å². The molecular weight excluding hydrogens is 312 g/mol. The summed E-state index contributed by atoms with van der Waals surface area (Å²) in [6.07, 6.45) is 6.28. The Morgan fingerprint density at radius 3 is 2.52 bits per heavy atom. The summed E-state index contributed by atoms with van der Waals surface area (Å²) in [6.45, 7) is 6.17. The van der Waals surface area contributed by atoms with Gasteiger partial charge in [-0.3, -0.25) is 4.79 Å². The summed E-state index contributed by atoms with van der Waals surface area (Å²) in [7, 11) is 0. The molecule has 2 N–H and O–H groups in total. The number of benzene rings is 1. The second kappa shape index (κ2) is 5.59. The number of nitrogens with one attached hydrogen (secondary N) is 1. The molecule has 1 aliphatic heterocycles. The van der Waals surface area contributed by atoms with Gasteiger partial charge in [0.2, 0.25) is 0 Å². The average Bonchev–Trinajstić information content (AvgIpc) is 3.08. The summed E-state index contributed by atoms with van der Waals surface area (Å²) >= 11 is 0. The molecule has 4 nitrogen and oxygen atoms in total. The largest absolute Gasteiger partial charge is 0.494 e. The maximum atomic E-state index is 12.6. The first-order valence-corrected chi connectivity index (χ1v) is 8.47. The van der Waals surface area contributed by atoms with E-state index < -0.39 is 0 Å². The molecule has 25 heavy (non-hydrogen) atoms. The van der Waals surface area contributed by atoms with Crippen LogP contribution in [0.5, 0.6) is 5.88 Å². The molecule has 4 rings (SSSR count). The average molecular weight is 332 g/mol. The van der Waals surface area contributed by atoms with Gasteiger partial charge in [0.1, 0.15) is 0 Å². The fourth-order valence-corrected chi connectivity index (χ4v) is 3.69. The number of fused-ring (bicyclic) bond motifs is 1. The van der Waals surface area contributed by atoms with E-state index in [1.807, 2.05) is 37.3 Å². The molecule has 1 aromatic carbocycles. The molecule has 1 aromatic heterocycles. The van der Waals surface area contributed by atoms with Gasteiger partial charge in [0.05, 0.1) is 22.5 Å². The lowest BCUT2D eigenvalue weighted by Gasteiger charge is -2.22. The number of hydrogen-bond acceptors (Lipinski definition) is 2. The molecule has 0 spiro atoms. The molecule has 2 unspecified atom stereocenters. The molecule has 2 atom stereocenters. The van der Waals surface area contributed by atoms with E-state index in [0.29, 0.717) is 22.5 Å². The van der Waals surface area contributed by atoms with Crippen molar-refractivity contribution in [3.05, 3.63) is 64.8 Å². The smallest absolute Gasteiger partial charge is 0.280 e. The Bertz CT molecular complexity index is 959. The van der Waals surface area contributed by atoms with E-state index in [2.05, 4.69) is 36.0 Å². The Balaban J connectivity index is 1.81. The first kappa shape index (κ1) is 15.6. The zero-order valence-corrected chi connectivity index (χ0v) is 14.5. The van der Waals surface area contributed by atoms with Crippen molar-refractivity contribution in [1.29, 1.82) is 0 Å². The molecule has 0 bridgehead atoms. The normalized spacial score (nSPS) is 22.0. The molecule has 0 radical (unpaired) electrons. The van der Waals surface area contributed by atoms with Gasteiger partial charge in [0, 0.05) is 5.92 Å². The number of aromatic hydroxyl groups is 1. The van der Waals surface area contributed by atoms with Gasteiger partial charge in [-0.2, -0.15) is 0 Å². The summed E-state index contributed by atoms with van der Waals surface area (Å²) in [5.41, 5.74) is 5.53. The molecule has 2 heterocycles. The van der Waals surface area contributed by atoms with Gasteiger partial charge in [-0.1, -0.05) is 60.6 Å². The number of aromatic nitrogens is 1. The third-order valence-corrected chi connectivity index (χ3v) is 4.99. The van der Waals surface area contributed by atoms with Crippen LogP contribution in [-0.4, -0.2) is 21.7 Å². The van der Waals surface area contributed by atoms with Gasteiger partial charge in [-0.25, -0.2) is 4.99 Å². The Morgan fingerprint density at radius 2 is 1.84 bits per heavy atom. The fraction of sp³-hybridized carbons (Fsp3) is 0.238. The van der Waals surface area contributed by atoms with E-state index in [1.54, 1.807) is 0 Å². The quantitative estimate of drug-likeness (QED) is 0.855. The van der Waals surface area contributed by atoms with Crippen LogP contribution in [0.25, 0.3) is 11.3 Å². The second-order valence-corrected chi connectivity index (χ2v) is 6.92. The Labute approximate surface area is 146 Å². The SMILES string of the molecule is CC1=CC(C)C(C2=NC(=O)c3c(-c4ccc(C)cc4)[nH]c(O)c32)C=C1. The van der Waals surface area contributed by atoms with Gasteiger partial charge < -0.3 is 10.1 Å². The second-order valence-electron chi connectivity index (χ2n) is 6.92. The minimum absolute atomic E-state index is 0.0125. The number of rotatable bonds is 2. The zero-order valence-electron chi connectivity index (χ0n) is 14.5. The van der Waals surface area contributed by atoms with Crippen molar-refractivity contribution < 1.29 is 9.90 Å². The maximum Gasteiger partial charge on any atom is 0.280 e. The number of aryl methyl sites for hydroxylation is 1. The number of allylic oxidation sites excluding steroid dienone is 4. The van der Waals surface area contributed by atoms with Crippen LogP contribution >= 0.6 is 0 Å². The predicted octanol–water partition coefficient (Wildman–Crippen LogP) is 4.41. The number of nitrogens with zero attached hydrogens (tertiary/aromatic N) is 1. The Hall–Kier alpha value is -2.88. The number of aliphatic imine (C=N–C) groups is 1. The highest BCUT2D eigenvalue weighted by atomic mass is 16.3. The Kier molecular flexibility index (Phi) is 3.49. The number of carbonyl (C=O) groups is 1. The van der Waals surface area contributed by atoms with Crippen molar-refractivity contribution in [3.8, 4) is 17.1 Å². The highest BCUT2D eigenvalue weighted by Crippen LogP contribution is 2.40. The third kappa shape index (κ3) is 2.45. The molecule has 4 heteroatoms. The van der Waals surface area contributed by atoms with E-state index in [4.69, 9.17) is 0 Å². The van der Waals surface area contributed by atoms with Gasteiger partial charge in [0.25, 0.3) is 5.91 Å². The molecule has 2 aliphatic rings. The topological polar surface area (TPSA) is 65.5 Å². The van der Waals surface area contributed by atoms with E-state index >= 15 is 0 Å². The molecule has 2 aromatic rings. The van der Waals surface area contributed by atoms with Gasteiger partial charge >= 0.3 is 0 Å². The highest BCUT2D eigenvalue weighted by Gasteiger charge is 2.37. The molecular formula is C21H20N2O2. The number of hydrogen-bond donors (Lipinski definition) is 2. The lowest BCUT2D eigenvalue weighted by Crippen LogP contribution is -2.20. The minimum Gasteiger partial charge on any atom is -0.494 e. The van der Waals surface area contributed by atoms with Crippen LogP contribution in [0, 0.1) is 18.8 Å². The number of aromatic amines is 1. The van der Waals surface area contributed by atoms with Crippen molar-refractivity contribution in [3.63, 3.8) is 0 Å². The lowest BCUT2D eigenvalue weighted by molar-refractivity contribution is 0.101. The van der Waals surface area contributed by atoms with Crippen LogP contribution in [0.2, 0.25) is 0 Å². The zero-order chi connectivity index (χ0) is 17.7. The summed E-state index contributed by atoms with van der Waals surface area (Å²) in [4.78, 5) is 19.9. The van der Waals surface area contributed by atoms with Crippen LogP contribution in [0.15, 0.2) is 53.1 Å². The molecule has 0 fully saturated rings. The monoisotopic (exact) mass is 332 g/mol. The summed E-state index contributed by atoms with van der Waals surface area (Å²) in [5, 5.41) is 10.5. The highest BCUT2D eigenvalue weighted by molar-refractivity contribution is 6.26. The predicted molar refractivity (Wildman–Crippen MR) is 99.0 cm³/mol. The van der Waals surface area contributed by atoms with Crippen molar-refractivity contribution in [1.82, 2.24) is 4.98 Å². The van der Waals surface area contributed by atoms with Gasteiger partial charge in [-0.15, -0.1) is 0 Å². The van der Waals surface area contributed by atoms with E-state index in [1.165, 1.54) is 5.57 Å². The molecule has 1 amide bonds. The third-order valence-electron chi connectivity index (χ3n) is 4.99. The summed E-state index contributed by atoms with van der Waals surface area (Å²) < 4.78 is 0. The lowest BCUT2D eigenvalue weighted by atomic mass is 9.82. The van der Waals surface area contributed by atoms with Crippen molar-refractivity contribution in [2.24, 2.45) is 16.8 Å². The fourth-order valence-electron chi connectivity index (χ4n) is 3.69. The van der Waals surface area contributed by atoms with Gasteiger partial charge in [-0.05, 0) is 25.3 Å². The number of carbonyl (C=O) groups excluding carboxylic acids is 1. The maximum absolute atomic E-state index is 12.6. The van der Waals surface area contributed by atoms with E-state index in [9.17, 15) is 9.90 Å². The van der Waals surface area contributed by atoms with Crippen LogP contribution in [0.1, 0.15) is 35.3 Å². The first-order valence-electron chi connectivity index (χ1n) is 8.47.